The van der Waals surface area contributed by atoms with Crippen LogP contribution < -0.4 is 5.73 Å². The van der Waals surface area contributed by atoms with Crippen LogP contribution in [0.5, 0.6) is 0 Å². The predicted octanol–water partition coefficient (Wildman–Crippen LogP) is 17.2. The second-order valence-corrected chi connectivity index (χ2v) is 19.9. The molecular weight excluding hydrogens is 858 g/mol. The molecular formula is C57H104NO8P. The maximum Gasteiger partial charge on any atom is 0.472 e. The first kappa shape index (κ1) is 64.7. The second-order valence-electron chi connectivity index (χ2n) is 18.4. The first-order valence-electron chi connectivity index (χ1n) is 27.8. The Balaban J connectivity index is 3.99. The van der Waals surface area contributed by atoms with E-state index < -0.39 is 26.5 Å². The Labute approximate surface area is 412 Å². The molecule has 0 spiro atoms. The van der Waals surface area contributed by atoms with Crippen molar-refractivity contribution in [1.29, 1.82) is 0 Å². The van der Waals surface area contributed by atoms with E-state index in [1.165, 1.54) is 154 Å². The number of ether oxygens (including phenoxy) is 2. The van der Waals surface area contributed by atoms with Gasteiger partial charge in [0.1, 0.15) is 6.61 Å². The molecule has 0 amide bonds. The Morgan fingerprint density at radius 1 is 0.463 bits per heavy atom. The quantitative estimate of drug-likeness (QED) is 0.0264. The minimum atomic E-state index is -4.39. The number of carbonyl (C=O) groups excluding carboxylic acids is 2. The van der Waals surface area contributed by atoms with Gasteiger partial charge in [0.15, 0.2) is 6.10 Å². The number of phosphoric acid groups is 1. The van der Waals surface area contributed by atoms with Crippen molar-refractivity contribution >= 4 is 19.8 Å². The molecule has 2 atom stereocenters. The van der Waals surface area contributed by atoms with E-state index in [0.717, 1.165) is 70.6 Å². The van der Waals surface area contributed by atoms with Crippen molar-refractivity contribution in [3.05, 3.63) is 60.8 Å². The molecule has 0 aromatic carbocycles. The van der Waals surface area contributed by atoms with Crippen LogP contribution in [0.4, 0.5) is 0 Å². The Kier molecular flexibility index (Phi) is 51.3. The highest BCUT2D eigenvalue weighted by Gasteiger charge is 2.26. The first-order chi connectivity index (χ1) is 32.8. The van der Waals surface area contributed by atoms with Crippen molar-refractivity contribution < 1.29 is 37.6 Å². The molecule has 0 aromatic heterocycles. The molecule has 10 heteroatoms. The Morgan fingerprint density at radius 3 is 1.24 bits per heavy atom. The lowest BCUT2D eigenvalue weighted by Crippen LogP contribution is -2.29. The maximum atomic E-state index is 12.7. The van der Waals surface area contributed by atoms with Crippen LogP contribution in [0, 0.1) is 0 Å². The fourth-order valence-electron chi connectivity index (χ4n) is 7.80. The van der Waals surface area contributed by atoms with Crippen LogP contribution in [-0.4, -0.2) is 49.3 Å². The van der Waals surface area contributed by atoms with Crippen molar-refractivity contribution in [3.8, 4) is 0 Å². The fourth-order valence-corrected chi connectivity index (χ4v) is 8.56. The molecule has 0 aromatic rings. The summed E-state index contributed by atoms with van der Waals surface area (Å²) in [6, 6.07) is 0. The van der Waals surface area contributed by atoms with Crippen molar-refractivity contribution in [1.82, 2.24) is 0 Å². The van der Waals surface area contributed by atoms with Gasteiger partial charge in [0.25, 0.3) is 0 Å². The average Bonchev–Trinajstić information content (AvgIpc) is 3.32. The van der Waals surface area contributed by atoms with Gasteiger partial charge in [0, 0.05) is 19.4 Å². The van der Waals surface area contributed by atoms with E-state index in [4.69, 9.17) is 24.3 Å². The third kappa shape index (κ3) is 52.9. The van der Waals surface area contributed by atoms with Crippen molar-refractivity contribution in [2.75, 3.05) is 26.4 Å². The highest BCUT2D eigenvalue weighted by molar-refractivity contribution is 7.47. The van der Waals surface area contributed by atoms with E-state index >= 15 is 0 Å². The van der Waals surface area contributed by atoms with Gasteiger partial charge in [-0.2, -0.15) is 0 Å². The molecule has 0 aliphatic carbocycles. The van der Waals surface area contributed by atoms with E-state index in [0.29, 0.717) is 6.42 Å². The molecule has 390 valence electrons. The molecule has 9 nitrogen and oxygen atoms in total. The van der Waals surface area contributed by atoms with Crippen molar-refractivity contribution in [2.45, 2.75) is 264 Å². The van der Waals surface area contributed by atoms with E-state index in [2.05, 4.69) is 74.6 Å². The summed E-state index contributed by atoms with van der Waals surface area (Å²) in [6.07, 6.45) is 65.5. The normalized spacial score (nSPS) is 13.6. The first-order valence-corrected chi connectivity index (χ1v) is 29.3. The highest BCUT2D eigenvalue weighted by atomic mass is 31.2. The zero-order valence-electron chi connectivity index (χ0n) is 43.4. The predicted molar refractivity (Wildman–Crippen MR) is 284 cm³/mol. The number of hydrogen-bond donors (Lipinski definition) is 2. The zero-order chi connectivity index (χ0) is 48.8. The standard InChI is InChI=1S/C57H104NO8P/c1-3-5-7-9-11-13-15-17-19-21-23-25-26-27-28-30-31-33-35-37-39-41-43-45-47-49-56(59)63-53-55(54-65-67(61,62)64-52-51-58)66-57(60)50-48-46-44-42-40-38-36-34-32-29-24-22-20-18-16-14-12-10-8-6-4-2/h6,8,12,14,18,20-21,23-24,29,55H,3-5,7,9-11,13,15-17,19,22,25-28,30-54,58H2,1-2H3,(H,61,62)/b8-6-,14-12-,20-18-,23-21-,29-24-. The molecule has 0 fully saturated rings. The van der Waals surface area contributed by atoms with Crippen LogP contribution in [0.25, 0.3) is 0 Å². The number of hydrogen-bond acceptors (Lipinski definition) is 8. The van der Waals surface area contributed by atoms with Crippen LogP contribution >= 0.6 is 7.82 Å². The Hall–Kier alpha value is -2.29. The largest absolute Gasteiger partial charge is 0.472 e. The van der Waals surface area contributed by atoms with Gasteiger partial charge >= 0.3 is 19.8 Å². The fraction of sp³-hybridized carbons (Fsp3) is 0.789. The summed E-state index contributed by atoms with van der Waals surface area (Å²) in [4.78, 5) is 35.1. The average molecular weight is 962 g/mol. The molecule has 0 aliphatic heterocycles. The number of rotatable bonds is 52. The molecule has 67 heavy (non-hydrogen) atoms. The van der Waals surface area contributed by atoms with Gasteiger partial charge < -0.3 is 20.1 Å². The molecule has 0 aliphatic rings. The van der Waals surface area contributed by atoms with Crippen LogP contribution in [0.3, 0.4) is 0 Å². The highest BCUT2D eigenvalue weighted by Crippen LogP contribution is 2.43. The van der Waals surface area contributed by atoms with Gasteiger partial charge in [-0.15, -0.1) is 0 Å². The van der Waals surface area contributed by atoms with Gasteiger partial charge in [-0.3, -0.25) is 18.6 Å². The summed E-state index contributed by atoms with van der Waals surface area (Å²) < 4.78 is 33.0. The van der Waals surface area contributed by atoms with Gasteiger partial charge in [-0.1, -0.05) is 229 Å². The minimum Gasteiger partial charge on any atom is -0.462 e. The number of phosphoric ester groups is 1. The Morgan fingerprint density at radius 2 is 0.821 bits per heavy atom. The lowest BCUT2D eigenvalue weighted by molar-refractivity contribution is -0.161. The molecule has 0 saturated carbocycles. The second kappa shape index (κ2) is 53.1. The van der Waals surface area contributed by atoms with E-state index in [9.17, 15) is 19.0 Å². The van der Waals surface area contributed by atoms with Gasteiger partial charge in [-0.05, 0) is 77.0 Å². The SMILES string of the molecule is CC/C=C\C/C=C\C/C=C\C/C=C\CCCCCCCCCCC(=O)OC(COC(=O)CCCCCCCCCCCCCCC/C=C\CCCCCCCCCC)COP(=O)(O)OCCN. The van der Waals surface area contributed by atoms with E-state index in [1.807, 2.05) is 0 Å². The smallest absolute Gasteiger partial charge is 0.462 e. The summed E-state index contributed by atoms with van der Waals surface area (Å²) >= 11 is 0. The topological polar surface area (TPSA) is 134 Å². The lowest BCUT2D eigenvalue weighted by atomic mass is 10.0. The molecule has 2 unspecified atom stereocenters. The number of unbranched alkanes of at least 4 members (excludes halogenated alkanes) is 29. The summed E-state index contributed by atoms with van der Waals surface area (Å²) in [5.74, 6) is -0.831. The zero-order valence-corrected chi connectivity index (χ0v) is 44.3. The third-order valence-corrected chi connectivity index (χ3v) is 12.9. The van der Waals surface area contributed by atoms with Gasteiger partial charge in [0.05, 0.1) is 13.2 Å². The van der Waals surface area contributed by atoms with Crippen molar-refractivity contribution in [2.24, 2.45) is 5.73 Å². The molecule has 0 radical (unpaired) electrons. The van der Waals surface area contributed by atoms with E-state index in [-0.39, 0.29) is 38.6 Å². The van der Waals surface area contributed by atoms with E-state index in [1.54, 1.807) is 0 Å². The molecule has 0 heterocycles. The number of esters is 2. The lowest BCUT2D eigenvalue weighted by Gasteiger charge is -2.19. The molecule has 0 rings (SSSR count). The number of allylic oxidation sites excluding steroid dienone is 10. The summed E-state index contributed by atoms with van der Waals surface area (Å²) in [5, 5.41) is 0. The van der Waals surface area contributed by atoms with Crippen LogP contribution in [0.1, 0.15) is 258 Å². The van der Waals surface area contributed by atoms with Gasteiger partial charge in [-0.25, -0.2) is 4.57 Å². The van der Waals surface area contributed by atoms with Gasteiger partial charge in [0.2, 0.25) is 0 Å². The molecule has 0 bridgehead atoms. The van der Waals surface area contributed by atoms with Crippen LogP contribution in [0.2, 0.25) is 0 Å². The number of nitrogens with two attached hydrogens (primary N) is 1. The van der Waals surface area contributed by atoms with Crippen LogP contribution in [-0.2, 0) is 32.7 Å². The summed E-state index contributed by atoms with van der Waals surface area (Å²) in [7, 11) is -4.39. The van der Waals surface area contributed by atoms with Crippen LogP contribution in [0.15, 0.2) is 60.8 Å². The number of carbonyl (C=O) groups is 2. The Bertz CT molecular complexity index is 1280. The monoisotopic (exact) mass is 962 g/mol. The summed E-state index contributed by atoms with van der Waals surface area (Å²) in [5.41, 5.74) is 5.38. The molecule has 0 saturated heterocycles. The minimum absolute atomic E-state index is 0.0504. The molecule has 3 N–H and O–H groups in total. The third-order valence-electron chi connectivity index (χ3n) is 11.9. The maximum absolute atomic E-state index is 12.7. The summed E-state index contributed by atoms with van der Waals surface area (Å²) in [6.45, 7) is 3.64. The van der Waals surface area contributed by atoms with Crippen molar-refractivity contribution in [3.63, 3.8) is 0 Å².